The first-order valence-corrected chi connectivity index (χ1v) is 12.7. The molecule has 7 bridgehead atoms. The van der Waals surface area contributed by atoms with Crippen LogP contribution in [0.25, 0.3) is 0 Å². The largest absolute Gasteiger partial charge is 0.0527 e. The van der Waals surface area contributed by atoms with Gasteiger partial charge in [0.2, 0.25) is 0 Å². The van der Waals surface area contributed by atoms with E-state index in [4.69, 9.17) is 0 Å². The lowest BCUT2D eigenvalue weighted by atomic mass is 9.43. The SMILES string of the molecule is C1CC(C23CC4CC(CC(C4)C2)C3)CC(C23CCC4CC(CC4C2)C3)C1. The molecule has 0 aromatic carbocycles. The van der Waals surface area contributed by atoms with Gasteiger partial charge < -0.3 is 0 Å². The van der Waals surface area contributed by atoms with Crippen molar-refractivity contribution in [3.8, 4) is 0 Å². The van der Waals surface area contributed by atoms with Crippen LogP contribution in [0.5, 0.6) is 0 Å². The van der Waals surface area contributed by atoms with Crippen molar-refractivity contribution in [1.82, 2.24) is 0 Å². The fourth-order valence-electron chi connectivity index (χ4n) is 11.5. The zero-order chi connectivity index (χ0) is 16.9. The van der Waals surface area contributed by atoms with Crippen LogP contribution in [0.3, 0.4) is 0 Å². The highest BCUT2D eigenvalue weighted by molar-refractivity contribution is 5.08. The van der Waals surface area contributed by atoms with Crippen LogP contribution in [-0.2, 0) is 0 Å². The van der Waals surface area contributed by atoms with Crippen LogP contribution < -0.4 is 0 Å². The Morgan fingerprint density at radius 2 is 1.04 bits per heavy atom. The highest BCUT2D eigenvalue weighted by Gasteiger charge is 2.58. The van der Waals surface area contributed by atoms with Gasteiger partial charge in [-0.05, 0) is 154 Å². The van der Waals surface area contributed by atoms with Crippen molar-refractivity contribution in [3.63, 3.8) is 0 Å². The Hall–Kier alpha value is 0. The summed E-state index contributed by atoms with van der Waals surface area (Å²) in [6, 6.07) is 0. The summed E-state index contributed by atoms with van der Waals surface area (Å²) >= 11 is 0. The summed E-state index contributed by atoms with van der Waals surface area (Å²) in [6.07, 6.45) is 26.3. The third kappa shape index (κ3) is 2.14. The van der Waals surface area contributed by atoms with E-state index in [1.54, 1.807) is 103 Å². The van der Waals surface area contributed by atoms with E-state index < -0.39 is 0 Å². The molecular weight excluding hydrogens is 312 g/mol. The van der Waals surface area contributed by atoms with Crippen molar-refractivity contribution in [3.05, 3.63) is 0 Å². The second-order valence-corrected chi connectivity index (χ2v) is 13.0. The summed E-state index contributed by atoms with van der Waals surface area (Å²) in [5.74, 6) is 9.23. The summed E-state index contributed by atoms with van der Waals surface area (Å²) in [4.78, 5) is 0. The lowest BCUT2D eigenvalue weighted by molar-refractivity contribution is -0.113. The zero-order valence-corrected chi connectivity index (χ0v) is 16.9. The molecule has 0 amide bonds. The summed E-state index contributed by atoms with van der Waals surface area (Å²) in [5.41, 5.74) is 1.68. The monoisotopic (exact) mass is 352 g/mol. The van der Waals surface area contributed by atoms with Crippen LogP contribution in [-0.4, -0.2) is 0 Å². The Morgan fingerprint density at radius 1 is 0.462 bits per heavy atom. The molecule has 8 aliphatic carbocycles. The molecule has 0 saturated heterocycles. The minimum Gasteiger partial charge on any atom is -0.0527 e. The van der Waals surface area contributed by atoms with Gasteiger partial charge >= 0.3 is 0 Å². The van der Waals surface area contributed by atoms with E-state index in [1.807, 2.05) is 0 Å². The van der Waals surface area contributed by atoms with Crippen molar-refractivity contribution in [1.29, 1.82) is 0 Å². The summed E-state index contributed by atoms with van der Waals surface area (Å²) < 4.78 is 0. The Morgan fingerprint density at radius 3 is 1.77 bits per heavy atom. The normalized spacial score (nSPS) is 62.8. The highest BCUT2D eigenvalue weighted by atomic mass is 14.6. The molecule has 26 heavy (non-hydrogen) atoms. The third-order valence-corrected chi connectivity index (χ3v) is 11.8. The molecule has 0 spiro atoms. The van der Waals surface area contributed by atoms with Gasteiger partial charge in [-0.25, -0.2) is 0 Å². The van der Waals surface area contributed by atoms with Crippen molar-refractivity contribution in [2.24, 2.45) is 58.2 Å². The molecule has 8 fully saturated rings. The fourth-order valence-corrected chi connectivity index (χ4v) is 11.5. The van der Waals surface area contributed by atoms with Crippen LogP contribution in [0.4, 0.5) is 0 Å². The Bertz CT molecular complexity index is 542. The molecule has 144 valence electrons. The molecule has 6 atom stereocenters. The topological polar surface area (TPSA) is 0 Å². The van der Waals surface area contributed by atoms with E-state index >= 15 is 0 Å². The summed E-state index contributed by atoms with van der Waals surface area (Å²) in [5, 5.41) is 0. The maximum absolute atomic E-state index is 1.68. The average Bonchev–Trinajstić information content (AvgIpc) is 2.84. The standard InChI is InChI=1S/C26H40/c1-2-23(25-5-4-21-9-20(12-25)10-22(21)16-25)11-24(3-1)26-13-17-6-18(14-26)8-19(7-17)15-26/h17-24H,1-16H2. The second-order valence-electron chi connectivity index (χ2n) is 13.0. The van der Waals surface area contributed by atoms with E-state index in [2.05, 4.69) is 0 Å². The lowest BCUT2D eigenvalue weighted by Crippen LogP contribution is -2.51. The molecule has 8 saturated carbocycles. The van der Waals surface area contributed by atoms with Crippen molar-refractivity contribution >= 4 is 0 Å². The number of hydrogen-bond acceptors (Lipinski definition) is 0. The smallest absolute Gasteiger partial charge is 0.0261 e. The third-order valence-electron chi connectivity index (χ3n) is 11.8. The minimum absolute atomic E-state index is 0.835. The Kier molecular flexibility index (Phi) is 3.25. The van der Waals surface area contributed by atoms with Gasteiger partial charge in [0.25, 0.3) is 0 Å². The molecule has 6 unspecified atom stereocenters. The van der Waals surface area contributed by atoms with E-state index in [0.29, 0.717) is 0 Å². The molecule has 8 aliphatic rings. The first kappa shape index (κ1) is 15.9. The zero-order valence-electron chi connectivity index (χ0n) is 16.9. The van der Waals surface area contributed by atoms with Crippen LogP contribution >= 0.6 is 0 Å². The van der Waals surface area contributed by atoms with Crippen LogP contribution in [0.15, 0.2) is 0 Å². The van der Waals surface area contributed by atoms with Gasteiger partial charge in [-0.1, -0.05) is 6.42 Å². The number of fused-ring (bicyclic) bond motifs is 2. The predicted octanol–water partition coefficient (Wildman–Crippen LogP) is 7.23. The number of rotatable bonds is 2. The molecular formula is C26H40. The minimum atomic E-state index is 0.835. The van der Waals surface area contributed by atoms with E-state index in [0.717, 1.165) is 52.3 Å². The molecule has 0 aliphatic heterocycles. The Labute approximate surface area is 161 Å². The van der Waals surface area contributed by atoms with E-state index in [-0.39, 0.29) is 0 Å². The molecule has 0 heteroatoms. The van der Waals surface area contributed by atoms with Crippen LogP contribution in [0, 0.1) is 58.2 Å². The van der Waals surface area contributed by atoms with Crippen molar-refractivity contribution in [2.75, 3.05) is 0 Å². The number of hydrogen-bond donors (Lipinski definition) is 0. The fraction of sp³-hybridized carbons (Fsp3) is 1.00. The maximum atomic E-state index is 1.68. The van der Waals surface area contributed by atoms with Gasteiger partial charge in [0.1, 0.15) is 0 Å². The van der Waals surface area contributed by atoms with Crippen molar-refractivity contribution in [2.45, 2.75) is 103 Å². The molecule has 0 aromatic heterocycles. The lowest BCUT2D eigenvalue weighted by Gasteiger charge is -2.62. The van der Waals surface area contributed by atoms with Crippen LogP contribution in [0.2, 0.25) is 0 Å². The molecule has 0 radical (unpaired) electrons. The molecule has 0 N–H and O–H groups in total. The van der Waals surface area contributed by atoms with E-state index in [9.17, 15) is 0 Å². The first-order chi connectivity index (χ1) is 12.7. The van der Waals surface area contributed by atoms with Crippen molar-refractivity contribution < 1.29 is 0 Å². The molecule has 8 rings (SSSR count). The van der Waals surface area contributed by atoms with Gasteiger partial charge in [0.05, 0.1) is 0 Å². The molecule has 0 aromatic rings. The van der Waals surface area contributed by atoms with E-state index in [1.165, 1.54) is 5.92 Å². The maximum Gasteiger partial charge on any atom is -0.0261 e. The quantitative estimate of drug-likeness (QED) is 0.492. The van der Waals surface area contributed by atoms with Gasteiger partial charge in [0.15, 0.2) is 0 Å². The predicted molar refractivity (Wildman–Crippen MR) is 107 cm³/mol. The average molecular weight is 353 g/mol. The van der Waals surface area contributed by atoms with Crippen LogP contribution in [0.1, 0.15) is 103 Å². The van der Waals surface area contributed by atoms with Gasteiger partial charge in [-0.3, -0.25) is 0 Å². The van der Waals surface area contributed by atoms with Gasteiger partial charge in [-0.2, -0.15) is 0 Å². The Balaban J connectivity index is 1.16. The highest BCUT2D eigenvalue weighted by Crippen LogP contribution is 2.68. The summed E-state index contributed by atoms with van der Waals surface area (Å²) in [7, 11) is 0. The second kappa shape index (κ2) is 5.33. The molecule has 0 nitrogen and oxygen atoms in total. The van der Waals surface area contributed by atoms with Gasteiger partial charge in [0, 0.05) is 0 Å². The first-order valence-electron chi connectivity index (χ1n) is 12.7. The summed E-state index contributed by atoms with van der Waals surface area (Å²) in [6.45, 7) is 0. The van der Waals surface area contributed by atoms with Gasteiger partial charge in [-0.15, -0.1) is 0 Å². The molecule has 0 heterocycles.